The van der Waals surface area contributed by atoms with Gasteiger partial charge in [-0.2, -0.15) is 5.10 Å². The first-order chi connectivity index (χ1) is 15.0. The second kappa shape index (κ2) is 8.83. The molecule has 8 nitrogen and oxygen atoms in total. The van der Waals surface area contributed by atoms with Crippen LogP contribution >= 0.6 is 23.8 Å². The molecule has 0 saturated carbocycles. The van der Waals surface area contributed by atoms with Crippen molar-refractivity contribution < 1.29 is 4.79 Å². The van der Waals surface area contributed by atoms with E-state index >= 15 is 0 Å². The minimum Gasteiger partial charge on any atom is -0.324 e. The average molecular weight is 454 g/mol. The number of nitrogens with one attached hydrogen (secondary N) is 1. The van der Waals surface area contributed by atoms with Crippen LogP contribution in [0.2, 0.25) is 5.02 Å². The lowest BCUT2D eigenvalue weighted by Gasteiger charge is -2.09. The largest absolute Gasteiger partial charge is 0.324 e. The molecule has 10 heteroatoms. The Balaban J connectivity index is 1.60. The summed E-state index contributed by atoms with van der Waals surface area (Å²) in [6, 6.07) is 13.1. The normalized spacial score (nSPS) is 11.0. The Hall–Kier alpha value is -3.30. The van der Waals surface area contributed by atoms with E-state index in [9.17, 15) is 4.79 Å². The van der Waals surface area contributed by atoms with Crippen molar-refractivity contribution in [2.75, 3.05) is 5.32 Å². The first-order valence-corrected chi connectivity index (χ1v) is 10.4. The summed E-state index contributed by atoms with van der Waals surface area (Å²) in [4.78, 5) is 12.6. The number of para-hydroxylation sites is 1. The van der Waals surface area contributed by atoms with E-state index in [1.807, 2.05) is 35.8 Å². The number of hydrogen-bond acceptors (Lipinski definition) is 5. The molecule has 1 N–H and O–H groups in total. The maximum atomic E-state index is 12.6. The van der Waals surface area contributed by atoms with Crippen molar-refractivity contribution in [3.63, 3.8) is 0 Å². The first-order valence-electron chi connectivity index (χ1n) is 9.58. The van der Waals surface area contributed by atoms with Gasteiger partial charge < -0.3 is 5.32 Å². The molecule has 0 fully saturated rings. The monoisotopic (exact) mass is 453 g/mol. The van der Waals surface area contributed by atoms with Crippen molar-refractivity contribution >= 4 is 46.4 Å². The Bertz CT molecular complexity index is 1340. The van der Waals surface area contributed by atoms with Gasteiger partial charge in [0.25, 0.3) is 0 Å². The minimum absolute atomic E-state index is 0.0277. The number of anilines is 1. The minimum atomic E-state index is -0.248. The number of halogens is 1. The number of rotatable bonds is 7. The van der Waals surface area contributed by atoms with E-state index < -0.39 is 0 Å². The van der Waals surface area contributed by atoms with Crippen LogP contribution in [-0.4, -0.2) is 35.2 Å². The second-order valence-electron chi connectivity index (χ2n) is 6.95. The molecular weight excluding hydrogens is 434 g/mol. The Morgan fingerprint density at radius 1 is 1.23 bits per heavy atom. The highest BCUT2D eigenvalue weighted by molar-refractivity contribution is 7.71. The molecule has 0 radical (unpaired) electrons. The van der Waals surface area contributed by atoms with E-state index in [1.165, 1.54) is 4.68 Å². The fourth-order valence-electron chi connectivity index (χ4n) is 3.26. The molecule has 0 spiro atoms. The molecule has 0 unspecified atom stereocenters. The summed E-state index contributed by atoms with van der Waals surface area (Å²) in [5, 5.41) is 16.4. The van der Waals surface area contributed by atoms with Crippen LogP contribution in [0, 0.1) is 11.7 Å². The molecule has 2 aromatic carbocycles. The Kier molecular flexibility index (Phi) is 5.97. The van der Waals surface area contributed by atoms with Crippen LogP contribution in [0.15, 0.2) is 55.1 Å². The predicted molar refractivity (Wildman–Crippen MR) is 123 cm³/mol. The quantitative estimate of drug-likeness (QED) is 0.338. The molecule has 1 amide bonds. The van der Waals surface area contributed by atoms with E-state index in [1.54, 1.807) is 29.0 Å². The van der Waals surface area contributed by atoms with Crippen LogP contribution in [0.3, 0.4) is 0 Å². The predicted octanol–water partition coefficient (Wildman–Crippen LogP) is 3.99. The molecule has 4 aromatic rings. The van der Waals surface area contributed by atoms with Crippen LogP contribution in [0.25, 0.3) is 11.0 Å². The standard InChI is InChI=1S/C21H20ClN7OS/c1-3-11-27-19(12-28-18-10-5-4-8-17(18)24-26-28)25-29(21(27)31)13-20(30)23-16-9-6-7-15(22)14(16)2/h3-10H,1,11-13H2,2H3,(H,23,30). The van der Waals surface area contributed by atoms with Gasteiger partial charge in [0, 0.05) is 17.3 Å². The molecule has 158 valence electrons. The number of benzene rings is 2. The summed E-state index contributed by atoms with van der Waals surface area (Å²) in [6.07, 6.45) is 1.74. The highest BCUT2D eigenvalue weighted by atomic mass is 35.5. The van der Waals surface area contributed by atoms with Crippen molar-refractivity contribution in [1.82, 2.24) is 29.3 Å². The number of aromatic nitrogens is 6. The number of hydrogen-bond donors (Lipinski definition) is 1. The SMILES string of the molecule is C=CCn1c(Cn2nnc3ccccc32)nn(CC(=O)Nc2cccc(Cl)c2C)c1=S. The molecule has 0 aliphatic carbocycles. The average Bonchev–Trinajstić information content (AvgIpc) is 3.28. The van der Waals surface area contributed by atoms with Crippen LogP contribution in [0.4, 0.5) is 5.69 Å². The van der Waals surface area contributed by atoms with Crippen LogP contribution in [0.5, 0.6) is 0 Å². The molecule has 0 aliphatic heterocycles. The van der Waals surface area contributed by atoms with Gasteiger partial charge in [-0.3, -0.25) is 9.36 Å². The molecule has 0 aliphatic rings. The summed E-state index contributed by atoms with van der Waals surface area (Å²) in [6.45, 7) is 6.45. The zero-order chi connectivity index (χ0) is 22.0. The summed E-state index contributed by atoms with van der Waals surface area (Å²) >= 11 is 11.7. The molecule has 31 heavy (non-hydrogen) atoms. The number of fused-ring (bicyclic) bond motifs is 1. The van der Waals surface area contributed by atoms with Gasteiger partial charge in [-0.15, -0.1) is 11.7 Å². The summed E-state index contributed by atoms with van der Waals surface area (Å²) in [5.74, 6) is 0.412. The van der Waals surface area contributed by atoms with E-state index in [2.05, 4.69) is 27.3 Å². The van der Waals surface area contributed by atoms with Crippen LogP contribution < -0.4 is 5.32 Å². The Labute approximate surface area is 188 Å². The number of allylic oxidation sites excluding steroid dienone is 1. The van der Waals surface area contributed by atoms with Gasteiger partial charge in [0.1, 0.15) is 18.6 Å². The third-order valence-electron chi connectivity index (χ3n) is 4.86. The smallest absolute Gasteiger partial charge is 0.246 e. The Morgan fingerprint density at radius 2 is 2.03 bits per heavy atom. The zero-order valence-corrected chi connectivity index (χ0v) is 18.4. The van der Waals surface area contributed by atoms with Crippen molar-refractivity contribution in [3.05, 3.63) is 76.3 Å². The second-order valence-corrected chi connectivity index (χ2v) is 7.72. The van der Waals surface area contributed by atoms with Crippen LogP contribution in [0.1, 0.15) is 11.4 Å². The van der Waals surface area contributed by atoms with Crippen LogP contribution in [-0.2, 0) is 24.4 Å². The lowest BCUT2D eigenvalue weighted by Crippen LogP contribution is -2.20. The number of amides is 1. The molecule has 4 rings (SSSR count). The fraction of sp³-hybridized carbons (Fsp3) is 0.190. The lowest BCUT2D eigenvalue weighted by molar-refractivity contribution is -0.116. The van der Waals surface area contributed by atoms with E-state index in [0.29, 0.717) is 34.4 Å². The van der Waals surface area contributed by atoms with Gasteiger partial charge in [-0.25, -0.2) is 9.36 Å². The van der Waals surface area contributed by atoms with Gasteiger partial charge in [0.2, 0.25) is 5.91 Å². The third-order valence-corrected chi connectivity index (χ3v) is 5.70. The molecule has 2 heterocycles. The molecule has 0 saturated heterocycles. The van der Waals surface area contributed by atoms with Crippen molar-refractivity contribution in [1.29, 1.82) is 0 Å². The highest BCUT2D eigenvalue weighted by Crippen LogP contribution is 2.23. The fourth-order valence-corrected chi connectivity index (χ4v) is 3.71. The maximum absolute atomic E-state index is 12.6. The summed E-state index contributed by atoms with van der Waals surface area (Å²) in [7, 11) is 0. The van der Waals surface area contributed by atoms with Gasteiger partial charge in [-0.05, 0) is 49.0 Å². The summed E-state index contributed by atoms with van der Waals surface area (Å²) in [5.41, 5.74) is 3.15. The third kappa shape index (κ3) is 4.28. The van der Waals surface area contributed by atoms with E-state index in [-0.39, 0.29) is 12.5 Å². The van der Waals surface area contributed by atoms with E-state index in [4.69, 9.17) is 23.8 Å². The van der Waals surface area contributed by atoms with E-state index in [0.717, 1.165) is 16.6 Å². The summed E-state index contributed by atoms with van der Waals surface area (Å²) < 4.78 is 5.52. The topological polar surface area (TPSA) is 82.6 Å². The Morgan fingerprint density at radius 3 is 2.84 bits per heavy atom. The highest BCUT2D eigenvalue weighted by Gasteiger charge is 2.15. The molecule has 0 atom stereocenters. The maximum Gasteiger partial charge on any atom is 0.246 e. The van der Waals surface area contributed by atoms with Gasteiger partial charge >= 0.3 is 0 Å². The number of nitrogens with zero attached hydrogens (tertiary/aromatic N) is 6. The van der Waals surface area contributed by atoms with Gasteiger partial charge in [0.05, 0.1) is 5.52 Å². The van der Waals surface area contributed by atoms with Crippen molar-refractivity contribution in [3.8, 4) is 0 Å². The van der Waals surface area contributed by atoms with Crippen molar-refractivity contribution in [2.45, 2.75) is 26.6 Å². The van der Waals surface area contributed by atoms with Gasteiger partial charge in [0.15, 0.2) is 10.6 Å². The molecule has 0 bridgehead atoms. The zero-order valence-electron chi connectivity index (χ0n) is 16.8. The number of carbonyl (C=O) groups excluding carboxylic acids is 1. The molecular formula is C21H20ClN7OS. The van der Waals surface area contributed by atoms with Crippen molar-refractivity contribution in [2.24, 2.45) is 0 Å². The first kappa shape index (κ1) is 21.0. The van der Waals surface area contributed by atoms with Gasteiger partial charge in [-0.1, -0.05) is 41.1 Å². The molecule has 2 aromatic heterocycles. The number of carbonyl (C=O) groups is 1. The lowest BCUT2D eigenvalue weighted by atomic mass is 10.2.